The van der Waals surface area contributed by atoms with Gasteiger partial charge in [-0.05, 0) is 79.0 Å². The smallest absolute Gasteiger partial charge is 0.119 e. The van der Waals surface area contributed by atoms with Gasteiger partial charge in [-0.3, -0.25) is 4.90 Å². The molecule has 0 aliphatic carbocycles. The Hall–Kier alpha value is -3.57. The van der Waals surface area contributed by atoms with Gasteiger partial charge in [-0.15, -0.1) is 0 Å². The summed E-state index contributed by atoms with van der Waals surface area (Å²) in [6.07, 6.45) is 9.64. The van der Waals surface area contributed by atoms with E-state index < -0.39 is 0 Å². The summed E-state index contributed by atoms with van der Waals surface area (Å²) in [5.74, 6) is 0.892. The fourth-order valence-electron chi connectivity index (χ4n) is 4.90. The van der Waals surface area contributed by atoms with Crippen molar-refractivity contribution in [1.29, 1.82) is 0 Å². The van der Waals surface area contributed by atoms with Crippen molar-refractivity contribution in [3.8, 4) is 11.4 Å². The first-order valence-electron chi connectivity index (χ1n) is 12.5. The van der Waals surface area contributed by atoms with E-state index in [9.17, 15) is 0 Å². The van der Waals surface area contributed by atoms with Crippen molar-refractivity contribution in [2.45, 2.75) is 38.9 Å². The maximum absolute atomic E-state index is 5.49. The molecule has 0 atom stereocenters. The van der Waals surface area contributed by atoms with Gasteiger partial charge in [0.25, 0.3) is 0 Å². The standard InChI is InChI=1S/C30H34N4O/c1-35-30-13-7-10-27(20-30)23-34(22-26-9-6-11-28(19-26)33-17-14-31-24-33)29-12-5-8-25(18-29)21-32-15-3-2-4-16-32/h5-14,17-20,24H,2-4,15-16,21-23H2,1H3. The first-order valence-corrected chi connectivity index (χ1v) is 12.5. The number of rotatable bonds is 9. The third-order valence-corrected chi connectivity index (χ3v) is 6.72. The van der Waals surface area contributed by atoms with Crippen LogP contribution in [0, 0.1) is 0 Å². The Kier molecular flexibility index (Phi) is 7.44. The lowest BCUT2D eigenvalue weighted by Crippen LogP contribution is -2.29. The van der Waals surface area contributed by atoms with Crippen molar-refractivity contribution in [3.05, 3.63) is 108 Å². The molecule has 1 aliphatic rings. The lowest BCUT2D eigenvalue weighted by molar-refractivity contribution is 0.221. The first-order chi connectivity index (χ1) is 17.3. The van der Waals surface area contributed by atoms with Gasteiger partial charge in [0, 0.05) is 43.4 Å². The molecule has 1 aromatic heterocycles. The van der Waals surface area contributed by atoms with Crippen molar-refractivity contribution in [2.24, 2.45) is 0 Å². The summed E-state index contributed by atoms with van der Waals surface area (Å²) in [5.41, 5.74) is 6.25. The number of likely N-dealkylation sites (tertiary alicyclic amines) is 1. The van der Waals surface area contributed by atoms with E-state index in [0.717, 1.165) is 31.1 Å². The number of nitrogens with zero attached hydrogens (tertiary/aromatic N) is 4. The zero-order valence-electron chi connectivity index (χ0n) is 20.5. The maximum Gasteiger partial charge on any atom is 0.119 e. The van der Waals surface area contributed by atoms with Crippen LogP contribution in [-0.4, -0.2) is 34.7 Å². The zero-order valence-corrected chi connectivity index (χ0v) is 20.5. The predicted molar refractivity (Wildman–Crippen MR) is 142 cm³/mol. The topological polar surface area (TPSA) is 33.5 Å². The Morgan fingerprint density at radius 1 is 0.829 bits per heavy atom. The lowest BCUT2D eigenvalue weighted by atomic mass is 10.1. The normalized spacial score (nSPS) is 14.1. The molecule has 0 radical (unpaired) electrons. The lowest BCUT2D eigenvalue weighted by Gasteiger charge is -2.28. The highest BCUT2D eigenvalue weighted by Gasteiger charge is 2.14. The number of benzene rings is 3. The van der Waals surface area contributed by atoms with Crippen LogP contribution in [0.2, 0.25) is 0 Å². The minimum Gasteiger partial charge on any atom is -0.497 e. The molecular formula is C30H34N4O. The van der Waals surface area contributed by atoms with E-state index in [2.05, 4.69) is 86.1 Å². The van der Waals surface area contributed by atoms with E-state index in [4.69, 9.17) is 4.74 Å². The van der Waals surface area contributed by atoms with Crippen LogP contribution >= 0.6 is 0 Å². The second kappa shape index (κ2) is 11.2. The quantitative estimate of drug-likeness (QED) is 0.300. The van der Waals surface area contributed by atoms with Gasteiger partial charge < -0.3 is 14.2 Å². The molecule has 1 fully saturated rings. The van der Waals surface area contributed by atoms with Crippen molar-refractivity contribution in [2.75, 3.05) is 25.1 Å². The van der Waals surface area contributed by atoms with E-state index in [0.29, 0.717) is 0 Å². The van der Waals surface area contributed by atoms with Crippen LogP contribution in [0.25, 0.3) is 5.69 Å². The highest BCUT2D eigenvalue weighted by molar-refractivity contribution is 5.51. The number of anilines is 1. The summed E-state index contributed by atoms with van der Waals surface area (Å²) in [6, 6.07) is 26.2. The fraction of sp³-hybridized carbons (Fsp3) is 0.300. The third-order valence-electron chi connectivity index (χ3n) is 6.72. The summed E-state index contributed by atoms with van der Waals surface area (Å²) in [4.78, 5) is 9.25. The molecule has 35 heavy (non-hydrogen) atoms. The van der Waals surface area contributed by atoms with Crippen LogP contribution in [0.3, 0.4) is 0 Å². The fourth-order valence-corrected chi connectivity index (χ4v) is 4.90. The number of aromatic nitrogens is 2. The SMILES string of the molecule is COc1cccc(CN(Cc2cccc(-n3ccnc3)c2)c2cccc(CN3CCCCC3)c2)c1. The van der Waals surface area contributed by atoms with Gasteiger partial charge in [-0.2, -0.15) is 0 Å². The Balaban J connectivity index is 1.42. The largest absolute Gasteiger partial charge is 0.497 e. The van der Waals surface area contributed by atoms with Crippen molar-refractivity contribution < 1.29 is 4.74 Å². The molecule has 0 amide bonds. The van der Waals surface area contributed by atoms with Gasteiger partial charge in [-0.1, -0.05) is 42.8 Å². The maximum atomic E-state index is 5.49. The third kappa shape index (κ3) is 6.11. The minimum atomic E-state index is 0.805. The number of hydrogen-bond acceptors (Lipinski definition) is 4. The van der Waals surface area contributed by atoms with E-state index in [-0.39, 0.29) is 0 Å². The molecular weight excluding hydrogens is 432 g/mol. The first kappa shape index (κ1) is 23.2. The second-order valence-electron chi connectivity index (χ2n) is 9.35. The van der Waals surface area contributed by atoms with Crippen LogP contribution in [0.4, 0.5) is 5.69 Å². The van der Waals surface area contributed by atoms with Gasteiger partial charge in [0.05, 0.1) is 13.4 Å². The summed E-state index contributed by atoms with van der Waals surface area (Å²) >= 11 is 0. The Morgan fingerprint density at radius 2 is 1.57 bits per heavy atom. The number of ether oxygens (including phenoxy) is 1. The molecule has 1 saturated heterocycles. The van der Waals surface area contributed by atoms with E-state index in [1.165, 1.54) is 54.7 Å². The number of imidazole rings is 1. The van der Waals surface area contributed by atoms with Crippen LogP contribution in [0.1, 0.15) is 36.0 Å². The Morgan fingerprint density at radius 3 is 2.34 bits per heavy atom. The molecule has 4 aromatic rings. The molecule has 0 N–H and O–H groups in total. The van der Waals surface area contributed by atoms with Gasteiger partial charge in [0.15, 0.2) is 0 Å². The van der Waals surface area contributed by atoms with E-state index in [1.54, 1.807) is 7.11 Å². The molecule has 0 saturated carbocycles. The average molecular weight is 467 g/mol. The van der Waals surface area contributed by atoms with Crippen LogP contribution in [-0.2, 0) is 19.6 Å². The van der Waals surface area contributed by atoms with Crippen LogP contribution in [0.15, 0.2) is 91.5 Å². The van der Waals surface area contributed by atoms with Gasteiger partial charge in [0.2, 0.25) is 0 Å². The number of piperidine rings is 1. The number of hydrogen-bond donors (Lipinski definition) is 0. The summed E-state index contributed by atoms with van der Waals surface area (Å²) < 4.78 is 7.54. The Labute approximate surface area is 208 Å². The summed E-state index contributed by atoms with van der Waals surface area (Å²) in [6.45, 7) is 5.06. The molecule has 5 nitrogen and oxygen atoms in total. The molecule has 180 valence electrons. The van der Waals surface area contributed by atoms with Crippen molar-refractivity contribution in [1.82, 2.24) is 14.5 Å². The predicted octanol–water partition coefficient (Wildman–Crippen LogP) is 6.07. The molecule has 2 heterocycles. The molecule has 0 spiro atoms. The average Bonchev–Trinajstić information content (AvgIpc) is 3.45. The zero-order chi connectivity index (χ0) is 23.9. The van der Waals surface area contributed by atoms with Crippen molar-refractivity contribution >= 4 is 5.69 Å². The second-order valence-corrected chi connectivity index (χ2v) is 9.35. The van der Waals surface area contributed by atoms with E-state index >= 15 is 0 Å². The molecule has 0 unspecified atom stereocenters. The van der Waals surface area contributed by atoms with Gasteiger partial charge >= 0.3 is 0 Å². The van der Waals surface area contributed by atoms with E-state index in [1.807, 2.05) is 24.8 Å². The van der Waals surface area contributed by atoms with Gasteiger partial charge in [-0.25, -0.2) is 4.98 Å². The minimum absolute atomic E-state index is 0.805. The highest BCUT2D eigenvalue weighted by Crippen LogP contribution is 2.25. The Bertz CT molecular complexity index is 1210. The van der Waals surface area contributed by atoms with Gasteiger partial charge in [0.1, 0.15) is 5.75 Å². The highest BCUT2D eigenvalue weighted by atomic mass is 16.5. The summed E-state index contributed by atoms with van der Waals surface area (Å²) in [7, 11) is 1.72. The molecule has 5 heteroatoms. The molecule has 3 aromatic carbocycles. The molecule has 0 bridgehead atoms. The summed E-state index contributed by atoms with van der Waals surface area (Å²) in [5, 5.41) is 0. The van der Waals surface area contributed by atoms with Crippen LogP contribution < -0.4 is 9.64 Å². The molecule has 1 aliphatic heterocycles. The molecule has 5 rings (SSSR count). The van der Waals surface area contributed by atoms with Crippen molar-refractivity contribution in [3.63, 3.8) is 0 Å². The monoisotopic (exact) mass is 466 g/mol. The number of methoxy groups -OCH3 is 1. The van der Waals surface area contributed by atoms with Crippen LogP contribution in [0.5, 0.6) is 5.75 Å².